The van der Waals surface area contributed by atoms with Crippen LogP contribution in [0.15, 0.2) is 0 Å². The van der Waals surface area contributed by atoms with Crippen molar-refractivity contribution in [3.8, 4) is 0 Å². The number of methoxy groups -OCH3 is 2. The molecule has 0 aliphatic heterocycles. The Morgan fingerprint density at radius 2 is 1.65 bits per heavy atom. The monoisotopic (exact) mass is 333 g/mol. The molecule has 0 rings (SSSR count). The van der Waals surface area contributed by atoms with Gasteiger partial charge >= 0.3 is 0 Å². The van der Waals surface area contributed by atoms with Crippen molar-refractivity contribution in [2.45, 2.75) is 19.9 Å². The van der Waals surface area contributed by atoms with E-state index < -0.39 is 10.2 Å². The molecule has 20 heavy (non-hydrogen) atoms. The Hall–Kier alpha value is 0.0400. The summed E-state index contributed by atoms with van der Waals surface area (Å²) in [5.74, 6) is 0. The van der Waals surface area contributed by atoms with Crippen LogP contribution < -0.4 is 10.0 Å². The third-order valence-electron chi connectivity index (χ3n) is 2.55. The van der Waals surface area contributed by atoms with Gasteiger partial charge in [0.15, 0.2) is 0 Å². The van der Waals surface area contributed by atoms with Crippen LogP contribution in [0.1, 0.15) is 13.8 Å². The molecular weight excluding hydrogens is 306 g/mol. The highest BCUT2D eigenvalue weighted by Gasteiger charge is 2.21. The van der Waals surface area contributed by atoms with Crippen LogP contribution in [0.25, 0.3) is 0 Å². The summed E-state index contributed by atoms with van der Waals surface area (Å²) in [4.78, 5) is 0. The molecule has 124 valence electrons. The van der Waals surface area contributed by atoms with Gasteiger partial charge in [-0.15, -0.1) is 12.4 Å². The van der Waals surface area contributed by atoms with Crippen LogP contribution in [-0.4, -0.2) is 72.4 Å². The molecule has 0 fully saturated rings. The minimum absolute atomic E-state index is 0. The highest BCUT2D eigenvalue weighted by Crippen LogP contribution is 1.98. The van der Waals surface area contributed by atoms with E-state index in [1.165, 1.54) is 4.31 Å². The number of likely N-dealkylation sites (N-methyl/N-ethyl adjacent to an activating group) is 1. The lowest BCUT2D eigenvalue weighted by atomic mass is 10.3. The molecule has 0 amide bonds. The van der Waals surface area contributed by atoms with E-state index in [-0.39, 0.29) is 18.4 Å². The summed E-state index contributed by atoms with van der Waals surface area (Å²) in [6.07, 6.45) is 0. The molecule has 0 aliphatic carbocycles. The average molecular weight is 334 g/mol. The van der Waals surface area contributed by atoms with E-state index in [1.807, 2.05) is 13.8 Å². The maximum Gasteiger partial charge on any atom is 0.279 e. The molecule has 0 bridgehead atoms. The van der Waals surface area contributed by atoms with Crippen LogP contribution >= 0.6 is 12.4 Å². The summed E-state index contributed by atoms with van der Waals surface area (Å²) < 4.78 is 38.0. The predicted octanol–water partition coefficient (Wildman–Crippen LogP) is -0.165. The fourth-order valence-corrected chi connectivity index (χ4v) is 2.75. The van der Waals surface area contributed by atoms with Gasteiger partial charge < -0.3 is 14.8 Å². The second kappa shape index (κ2) is 12.8. The summed E-state index contributed by atoms with van der Waals surface area (Å²) in [7, 11) is -0.410. The minimum Gasteiger partial charge on any atom is -0.383 e. The lowest BCUT2D eigenvalue weighted by Gasteiger charge is -2.23. The fraction of sp³-hybridized carbons (Fsp3) is 1.00. The zero-order valence-corrected chi connectivity index (χ0v) is 14.3. The zero-order valence-electron chi connectivity index (χ0n) is 12.7. The van der Waals surface area contributed by atoms with Gasteiger partial charge in [0.25, 0.3) is 10.2 Å². The number of halogens is 1. The Morgan fingerprint density at radius 1 is 1.15 bits per heavy atom. The molecule has 2 N–H and O–H groups in total. The predicted molar refractivity (Wildman–Crippen MR) is 82.6 cm³/mol. The first-order chi connectivity index (χ1) is 8.97. The summed E-state index contributed by atoms with van der Waals surface area (Å²) in [6, 6.07) is 0.0893. The first-order valence-electron chi connectivity index (χ1n) is 6.43. The number of rotatable bonds is 12. The Labute approximate surface area is 129 Å². The van der Waals surface area contributed by atoms with Gasteiger partial charge in [0.1, 0.15) is 0 Å². The van der Waals surface area contributed by atoms with E-state index in [4.69, 9.17) is 9.47 Å². The topological polar surface area (TPSA) is 79.9 Å². The van der Waals surface area contributed by atoms with Crippen LogP contribution in [0.4, 0.5) is 0 Å². The van der Waals surface area contributed by atoms with Gasteiger partial charge in [-0.3, -0.25) is 0 Å². The van der Waals surface area contributed by atoms with Gasteiger partial charge in [-0.25, -0.2) is 4.72 Å². The van der Waals surface area contributed by atoms with Crippen LogP contribution in [0.3, 0.4) is 0 Å². The number of hydrogen-bond acceptors (Lipinski definition) is 5. The van der Waals surface area contributed by atoms with Crippen LogP contribution in [0, 0.1) is 0 Å². The maximum absolute atomic E-state index is 12.1. The summed E-state index contributed by atoms with van der Waals surface area (Å²) >= 11 is 0. The van der Waals surface area contributed by atoms with Crippen molar-refractivity contribution in [3.63, 3.8) is 0 Å². The van der Waals surface area contributed by atoms with Crippen LogP contribution in [0.2, 0.25) is 0 Å². The van der Waals surface area contributed by atoms with Gasteiger partial charge in [-0.05, 0) is 13.5 Å². The van der Waals surface area contributed by atoms with Gasteiger partial charge in [-0.2, -0.15) is 12.7 Å². The Balaban J connectivity index is 0. The molecule has 0 saturated carbocycles. The molecular formula is C11H28ClN3O4S. The number of nitrogens with zero attached hydrogens (tertiary/aromatic N) is 1. The SMILES string of the molecule is CCN[C@H](C)CNS(=O)(=O)N(CCOC)CCOC.Cl. The normalized spacial score (nSPS) is 13.2. The first kappa shape index (κ1) is 22.3. The van der Waals surface area contributed by atoms with E-state index in [1.54, 1.807) is 14.2 Å². The van der Waals surface area contributed by atoms with Crippen molar-refractivity contribution in [2.24, 2.45) is 0 Å². The third kappa shape index (κ3) is 9.87. The molecule has 0 saturated heterocycles. The molecule has 0 aromatic heterocycles. The molecule has 9 heteroatoms. The highest BCUT2D eigenvalue weighted by atomic mass is 35.5. The largest absolute Gasteiger partial charge is 0.383 e. The van der Waals surface area contributed by atoms with Crippen molar-refractivity contribution in [2.75, 3.05) is 53.6 Å². The van der Waals surface area contributed by atoms with Gasteiger partial charge in [-0.1, -0.05) is 6.92 Å². The van der Waals surface area contributed by atoms with Crippen molar-refractivity contribution >= 4 is 22.6 Å². The number of hydrogen-bond donors (Lipinski definition) is 2. The van der Waals surface area contributed by atoms with Crippen molar-refractivity contribution in [1.82, 2.24) is 14.3 Å². The van der Waals surface area contributed by atoms with Crippen molar-refractivity contribution in [3.05, 3.63) is 0 Å². The second-order valence-corrected chi connectivity index (χ2v) is 5.95. The molecule has 0 aromatic rings. The molecule has 0 unspecified atom stereocenters. The standard InChI is InChI=1S/C11H27N3O4S.ClH/c1-5-12-11(2)10-13-19(15,16)14(6-8-17-3)7-9-18-4;/h11-13H,5-10H2,1-4H3;1H/t11-;/m1./s1. The third-order valence-corrected chi connectivity index (χ3v) is 4.13. The average Bonchev–Trinajstić information content (AvgIpc) is 2.37. The maximum atomic E-state index is 12.1. The van der Waals surface area contributed by atoms with Crippen LogP contribution in [0.5, 0.6) is 0 Å². The van der Waals surface area contributed by atoms with Crippen LogP contribution in [-0.2, 0) is 19.7 Å². The Bertz CT molecular complexity index is 309. The molecule has 0 spiro atoms. The number of ether oxygens (including phenoxy) is 2. The summed E-state index contributed by atoms with van der Waals surface area (Å²) in [6.45, 7) is 6.40. The lowest BCUT2D eigenvalue weighted by molar-refractivity contribution is 0.149. The van der Waals surface area contributed by atoms with Crippen molar-refractivity contribution < 1.29 is 17.9 Å². The van der Waals surface area contributed by atoms with E-state index in [2.05, 4.69) is 10.0 Å². The van der Waals surface area contributed by atoms with Gasteiger partial charge in [0, 0.05) is 39.9 Å². The second-order valence-electron chi connectivity index (χ2n) is 4.20. The quantitative estimate of drug-likeness (QED) is 0.518. The molecule has 0 aliphatic rings. The van der Waals surface area contributed by atoms with Gasteiger partial charge in [0.05, 0.1) is 13.2 Å². The Morgan fingerprint density at radius 3 is 2.05 bits per heavy atom. The van der Waals surface area contributed by atoms with Gasteiger partial charge in [0.2, 0.25) is 0 Å². The van der Waals surface area contributed by atoms with E-state index in [0.29, 0.717) is 32.8 Å². The Kier molecular flexibility index (Phi) is 14.2. The van der Waals surface area contributed by atoms with E-state index in [9.17, 15) is 8.42 Å². The molecule has 0 aromatic carbocycles. The van der Waals surface area contributed by atoms with Crippen molar-refractivity contribution in [1.29, 1.82) is 0 Å². The molecule has 1 atom stereocenters. The molecule has 0 heterocycles. The summed E-state index contributed by atoms with van der Waals surface area (Å²) in [5.41, 5.74) is 0. The molecule has 7 nitrogen and oxygen atoms in total. The van der Waals surface area contributed by atoms with E-state index >= 15 is 0 Å². The van der Waals surface area contributed by atoms with E-state index in [0.717, 1.165) is 6.54 Å². The smallest absolute Gasteiger partial charge is 0.279 e. The fourth-order valence-electron chi connectivity index (χ4n) is 1.48. The highest BCUT2D eigenvalue weighted by molar-refractivity contribution is 7.87. The lowest BCUT2D eigenvalue weighted by Crippen LogP contribution is -2.47. The first-order valence-corrected chi connectivity index (χ1v) is 7.87. The molecule has 0 radical (unpaired) electrons. The number of nitrogens with one attached hydrogen (secondary N) is 2. The summed E-state index contributed by atoms with van der Waals surface area (Å²) in [5, 5.41) is 3.15. The minimum atomic E-state index is -3.50. The zero-order chi connectivity index (χ0) is 14.7.